The third-order valence-corrected chi connectivity index (χ3v) is 5.79. The van der Waals surface area contributed by atoms with E-state index in [2.05, 4.69) is 4.98 Å². The van der Waals surface area contributed by atoms with Crippen molar-refractivity contribution >= 4 is 17.8 Å². The fourth-order valence-electron chi connectivity index (χ4n) is 4.28. The van der Waals surface area contributed by atoms with Crippen LogP contribution in [0.2, 0.25) is 0 Å². The van der Waals surface area contributed by atoms with E-state index in [0.29, 0.717) is 26.2 Å². The molecule has 3 aliphatic heterocycles. The summed E-state index contributed by atoms with van der Waals surface area (Å²) in [5.74, 6) is -2.33. The van der Waals surface area contributed by atoms with Crippen molar-refractivity contribution in [1.29, 1.82) is 0 Å². The van der Waals surface area contributed by atoms with Crippen LogP contribution in [0.15, 0.2) is 24.5 Å². The number of carbonyl (C=O) groups is 3. The first kappa shape index (κ1) is 23.0. The number of pyridine rings is 1. The van der Waals surface area contributed by atoms with E-state index in [1.807, 2.05) is 21.9 Å². The Kier molecular flexibility index (Phi) is 7.14. The molecule has 4 heterocycles. The van der Waals surface area contributed by atoms with E-state index in [0.717, 1.165) is 31.4 Å². The van der Waals surface area contributed by atoms with Gasteiger partial charge in [0.05, 0.1) is 24.6 Å². The van der Waals surface area contributed by atoms with Crippen LogP contribution in [0, 0.1) is 5.92 Å². The van der Waals surface area contributed by atoms with Gasteiger partial charge in [-0.15, -0.1) is 0 Å². The first-order valence-electron chi connectivity index (χ1n) is 10.0. The number of hydrogen-bond acceptors (Lipinski definition) is 5. The molecule has 1 aromatic rings. The third kappa shape index (κ3) is 5.52. The van der Waals surface area contributed by atoms with Crippen molar-refractivity contribution < 1.29 is 37.4 Å². The number of aliphatic carboxylic acids is 1. The number of ether oxygens (including phenoxy) is 1. The predicted molar refractivity (Wildman–Crippen MR) is 101 cm³/mol. The van der Waals surface area contributed by atoms with Crippen molar-refractivity contribution in [1.82, 2.24) is 14.8 Å². The van der Waals surface area contributed by atoms with Crippen LogP contribution < -0.4 is 0 Å². The lowest BCUT2D eigenvalue weighted by Gasteiger charge is -2.40. The lowest BCUT2D eigenvalue weighted by Crippen LogP contribution is -2.53. The van der Waals surface area contributed by atoms with Gasteiger partial charge in [0.2, 0.25) is 11.8 Å². The molecule has 3 fully saturated rings. The second-order valence-electron chi connectivity index (χ2n) is 7.73. The minimum Gasteiger partial charge on any atom is -0.475 e. The molecular weight excluding hydrogens is 419 g/mol. The molecule has 0 bridgehead atoms. The van der Waals surface area contributed by atoms with E-state index < -0.39 is 12.1 Å². The minimum atomic E-state index is -5.08. The van der Waals surface area contributed by atoms with Gasteiger partial charge >= 0.3 is 12.1 Å². The number of alkyl halides is 3. The standard InChI is InChI=1S/C18H23N3O3.C2HF3O2/c22-17-2-1-15-16(21(17)11-13-3-7-19-8-4-13)5-9-20(15)18(23)14-6-10-24-12-14;3-2(4,5)1(6)7/h3-4,7-8,14-16H,1-2,5-6,9-12H2;(H,6,7)/t14?,15-,16-;/m0./s1. The van der Waals surface area contributed by atoms with Crippen LogP contribution in [0.5, 0.6) is 0 Å². The molecule has 1 unspecified atom stereocenters. The molecule has 1 N–H and O–H groups in total. The number of carboxylic acid groups (broad SMARTS) is 1. The Bertz CT molecular complexity index is 799. The van der Waals surface area contributed by atoms with Gasteiger partial charge in [-0.05, 0) is 37.0 Å². The number of hydrogen-bond donors (Lipinski definition) is 1. The van der Waals surface area contributed by atoms with Crippen LogP contribution in [0.3, 0.4) is 0 Å². The number of aromatic nitrogens is 1. The largest absolute Gasteiger partial charge is 0.490 e. The maximum Gasteiger partial charge on any atom is 0.490 e. The Balaban J connectivity index is 0.000000339. The van der Waals surface area contributed by atoms with Gasteiger partial charge in [-0.3, -0.25) is 14.6 Å². The number of carbonyl (C=O) groups excluding carboxylic acids is 2. The van der Waals surface area contributed by atoms with Crippen LogP contribution in [-0.4, -0.2) is 75.7 Å². The van der Waals surface area contributed by atoms with Crippen LogP contribution in [0.4, 0.5) is 13.2 Å². The highest BCUT2D eigenvalue weighted by atomic mass is 19.4. The maximum absolute atomic E-state index is 12.8. The van der Waals surface area contributed by atoms with Crippen LogP contribution >= 0.6 is 0 Å². The first-order chi connectivity index (χ1) is 14.7. The highest BCUT2D eigenvalue weighted by molar-refractivity contribution is 5.82. The number of fused-ring (bicyclic) bond motifs is 1. The predicted octanol–water partition coefficient (Wildman–Crippen LogP) is 1.84. The monoisotopic (exact) mass is 443 g/mol. The van der Waals surface area contributed by atoms with E-state index in [4.69, 9.17) is 14.6 Å². The number of amides is 2. The molecule has 0 saturated carbocycles. The number of halogens is 3. The lowest BCUT2D eigenvalue weighted by molar-refractivity contribution is -0.192. The van der Waals surface area contributed by atoms with Crippen molar-refractivity contribution in [3.05, 3.63) is 30.1 Å². The molecule has 1 aromatic heterocycles. The van der Waals surface area contributed by atoms with Gasteiger partial charge in [0.25, 0.3) is 0 Å². The second kappa shape index (κ2) is 9.63. The zero-order valence-electron chi connectivity index (χ0n) is 16.8. The molecular formula is C20H24F3N3O5. The molecule has 170 valence electrons. The average Bonchev–Trinajstić information content (AvgIpc) is 3.40. The SMILES string of the molecule is O=C(O)C(F)(F)F.O=C1CC[C@H]2[C@H](CCN2C(=O)C2CCOC2)N1Cc1ccncc1. The fraction of sp³-hybridized carbons (Fsp3) is 0.600. The average molecular weight is 443 g/mol. The molecule has 0 aliphatic carbocycles. The number of rotatable bonds is 3. The van der Waals surface area contributed by atoms with E-state index in [-0.39, 0.29) is 29.8 Å². The molecule has 3 aliphatic rings. The number of carboxylic acids is 1. The molecule has 4 rings (SSSR count). The molecule has 3 saturated heterocycles. The third-order valence-electron chi connectivity index (χ3n) is 5.79. The Labute approximate surface area is 177 Å². The fourth-order valence-corrected chi connectivity index (χ4v) is 4.28. The molecule has 3 atom stereocenters. The zero-order chi connectivity index (χ0) is 22.6. The van der Waals surface area contributed by atoms with Gasteiger partial charge in [-0.25, -0.2) is 4.79 Å². The quantitative estimate of drug-likeness (QED) is 0.765. The van der Waals surface area contributed by atoms with Crippen molar-refractivity contribution in [2.75, 3.05) is 19.8 Å². The molecule has 8 nitrogen and oxygen atoms in total. The summed E-state index contributed by atoms with van der Waals surface area (Å²) < 4.78 is 37.1. The van der Waals surface area contributed by atoms with Crippen molar-refractivity contribution in [3.8, 4) is 0 Å². The molecule has 0 spiro atoms. The number of piperidine rings is 1. The molecule has 11 heteroatoms. The molecule has 0 radical (unpaired) electrons. The normalized spacial score (nSPS) is 25.6. The van der Waals surface area contributed by atoms with E-state index >= 15 is 0 Å². The number of likely N-dealkylation sites (tertiary alicyclic amines) is 2. The second-order valence-corrected chi connectivity index (χ2v) is 7.73. The van der Waals surface area contributed by atoms with Crippen LogP contribution in [0.25, 0.3) is 0 Å². The van der Waals surface area contributed by atoms with Gasteiger partial charge in [-0.1, -0.05) is 0 Å². The van der Waals surface area contributed by atoms with Gasteiger partial charge in [-0.2, -0.15) is 13.2 Å². The Morgan fingerprint density at radius 2 is 1.84 bits per heavy atom. The summed E-state index contributed by atoms with van der Waals surface area (Å²) >= 11 is 0. The lowest BCUT2D eigenvalue weighted by atomic mass is 9.95. The van der Waals surface area contributed by atoms with E-state index in [1.54, 1.807) is 12.4 Å². The maximum atomic E-state index is 12.8. The summed E-state index contributed by atoms with van der Waals surface area (Å²) in [6, 6.07) is 4.21. The Morgan fingerprint density at radius 3 is 2.42 bits per heavy atom. The highest BCUT2D eigenvalue weighted by Crippen LogP contribution is 2.34. The van der Waals surface area contributed by atoms with Gasteiger partial charge < -0.3 is 19.6 Å². The summed E-state index contributed by atoms with van der Waals surface area (Å²) in [5, 5.41) is 7.12. The molecule has 0 aromatic carbocycles. The molecule has 31 heavy (non-hydrogen) atoms. The van der Waals surface area contributed by atoms with Crippen molar-refractivity contribution in [3.63, 3.8) is 0 Å². The van der Waals surface area contributed by atoms with Crippen molar-refractivity contribution in [2.45, 2.75) is 50.5 Å². The summed E-state index contributed by atoms with van der Waals surface area (Å²) in [4.78, 5) is 42.2. The van der Waals surface area contributed by atoms with Gasteiger partial charge in [0.1, 0.15) is 0 Å². The Morgan fingerprint density at radius 1 is 1.16 bits per heavy atom. The van der Waals surface area contributed by atoms with Gasteiger partial charge in [0, 0.05) is 38.5 Å². The van der Waals surface area contributed by atoms with Gasteiger partial charge in [0.15, 0.2) is 0 Å². The van der Waals surface area contributed by atoms with Crippen LogP contribution in [0.1, 0.15) is 31.2 Å². The topological polar surface area (TPSA) is 100 Å². The highest BCUT2D eigenvalue weighted by Gasteiger charge is 2.46. The smallest absolute Gasteiger partial charge is 0.475 e. The van der Waals surface area contributed by atoms with E-state index in [1.165, 1.54) is 0 Å². The summed E-state index contributed by atoms with van der Waals surface area (Å²) in [5.41, 5.74) is 1.09. The summed E-state index contributed by atoms with van der Waals surface area (Å²) in [6.45, 7) is 2.60. The molecule has 2 amide bonds. The minimum absolute atomic E-state index is 0.00928. The zero-order valence-corrected chi connectivity index (χ0v) is 16.8. The van der Waals surface area contributed by atoms with Crippen LogP contribution in [-0.2, 0) is 25.7 Å². The van der Waals surface area contributed by atoms with E-state index in [9.17, 15) is 22.8 Å². The number of nitrogens with zero attached hydrogens (tertiary/aromatic N) is 3. The summed E-state index contributed by atoms with van der Waals surface area (Å²) in [7, 11) is 0. The Hall–Kier alpha value is -2.69. The summed E-state index contributed by atoms with van der Waals surface area (Å²) in [6.07, 6.45) is 1.44. The van der Waals surface area contributed by atoms with Crippen molar-refractivity contribution in [2.24, 2.45) is 5.92 Å². The first-order valence-corrected chi connectivity index (χ1v) is 10.0.